The van der Waals surface area contributed by atoms with Crippen molar-refractivity contribution in [2.24, 2.45) is 5.41 Å². The van der Waals surface area contributed by atoms with Gasteiger partial charge in [-0.05, 0) is 41.5 Å². The fourth-order valence-electron chi connectivity index (χ4n) is 4.41. The van der Waals surface area contributed by atoms with E-state index >= 15 is 0 Å². The van der Waals surface area contributed by atoms with E-state index in [0.29, 0.717) is 0 Å². The lowest BCUT2D eigenvalue weighted by Gasteiger charge is -2.36. The fraction of sp³-hybridized carbons (Fsp3) is 0.444. The minimum Gasteiger partial charge on any atom is -0.481 e. The van der Waals surface area contributed by atoms with Crippen LogP contribution in [0.4, 0.5) is 4.79 Å². The molecule has 2 amide bonds. The number of alkyl carbamates (subject to hydrolysis) is 1. The molecule has 0 aliphatic heterocycles. The molecule has 182 valence electrons. The molecule has 7 heteroatoms. The molecule has 1 aliphatic rings. The van der Waals surface area contributed by atoms with Crippen LogP contribution >= 0.6 is 0 Å². The van der Waals surface area contributed by atoms with Crippen LogP contribution in [0, 0.1) is 5.41 Å². The Morgan fingerprint density at radius 1 is 1.00 bits per heavy atom. The zero-order valence-electron chi connectivity index (χ0n) is 20.5. The van der Waals surface area contributed by atoms with Gasteiger partial charge in [0.15, 0.2) is 0 Å². The molecule has 3 rings (SSSR count). The van der Waals surface area contributed by atoms with E-state index in [0.717, 1.165) is 22.3 Å². The number of benzene rings is 2. The lowest BCUT2D eigenvalue weighted by atomic mass is 9.85. The van der Waals surface area contributed by atoms with Crippen molar-refractivity contribution in [1.29, 1.82) is 0 Å². The van der Waals surface area contributed by atoms with Crippen molar-refractivity contribution >= 4 is 18.0 Å². The zero-order chi connectivity index (χ0) is 25.0. The van der Waals surface area contributed by atoms with Crippen molar-refractivity contribution in [3.63, 3.8) is 0 Å². The molecule has 1 aliphatic carbocycles. The maximum Gasteiger partial charge on any atom is 0.407 e. The summed E-state index contributed by atoms with van der Waals surface area (Å²) in [6.07, 6.45) is -0.830. The number of carboxylic acid groups (broad SMARTS) is 1. The first-order valence-corrected chi connectivity index (χ1v) is 11.6. The lowest BCUT2D eigenvalue weighted by molar-refractivity contribution is -0.141. The summed E-state index contributed by atoms with van der Waals surface area (Å²) in [5, 5.41) is 11.8. The largest absolute Gasteiger partial charge is 0.481 e. The van der Waals surface area contributed by atoms with Gasteiger partial charge in [-0.3, -0.25) is 9.59 Å². The Morgan fingerprint density at radius 2 is 1.53 bits per heavy atom. The van der Waals surface area contributed by atoms with Crippen LogP contribution in [0.15, 0.2) is 48.5 Å². The third-order valence-electron chi connectivity index (χ3n) is 6.19. The number of carbonyl (C=O) groups is 3. The van der Waals surface area contributed by atoms with Crippen LogP contribution in [0.5, 0.6) is 0 Å². The molecule has 0 spiro atoms. The summed E-state index contributed by atoms with van der Waals surface area (Å²) in [7, 11) is 0. The molecular weight excluding hydrogens is 432 g/mol. The second-order valence-electron chi connectivity index (χ2n) is 10.0. The van der Waals surface area contributed by atoms with Crippen LogP contribution in [0.2, 0.25) is 0 Å². The van der Waals surface area contributed by atoms with E-state index in [9.17, 15) is 14.4 Å². The first-order valence-electron chi connectivity index (χ1n) is 11.6. The number of nitrogens with zero attached hydrogens (tertiary/aromatic N) is 1. The van der Waals surface area contributed by atoms with E-state index in [1.54, 1.807) is 0 Å². The van der Waals surface area contributed by atoms with Crippen LogP contribution in [0.25, 0.3) is 11.1 Å². The monoisotopic (exact) mass is 466 g/mol. The van der Waals surface area contributed by atoms with Gasteiger partial charge in [-0.1, -0.05) is 69.3 Å². The average molecular weight is 467 g/mol. The summed E-state index contributed by atoms with van der Waals surface area (Å²) < 4.78 is 5.64. The summed E-state index contributed by atoms with van der Waals surface area (Å²) in [5.41, 5.74) is 3.90. The maximum atomic E-state index is 13.3. The molecule has 1 atom stereocenters. The van der Waals surface area contributed by atoms with Gasteiger partial charge >= 0.3 is 12.1 Å². The number of rotatable bonds is 8. The van der Waals surface area contributed by atoms with Crippen molar-refractivity contribution in [3.05, 3.63) is 59.7 Å². The quantitative estimate of drug-likeness (QED) is 0.590. The van der Waals surface area contributed by atoms with E-state index in [2.05, 4.69) is 17.4 Å². The van der Waals surface area contributed by atoms with E-state index < -0.39 is 23.5 Å². The molecular formula is C27H34N2O5. The number of amides is 2. The highest BCUT2D eigenvalue weighted by atomic mass is 16.5. The molecule has 0 saturated carbocycles. The van der Waals surface area contributed by atoms with Gasteiger partial charge in [0.2, 0.25) is 5.91 Å². The van der Waals surface area contributed by atoms with E-state index in [4.69, 9.17) is 9.84 Å². The van der Waals surface area contributed by atoms with Crippen molar-refractivity contribution in [1.82, 2.24) is 10.2 Å². The zero-order valence-corrected chi connectivity index (χ0v) is 20.5. The number of fused-ring (bicyclic) bond motifs is 3. The Bertz CT molecular complexity index is 1010. The van der Waals surface area contributed by atoms with Crippen molar-refractivity contribution in [2.45, 2.75) is 59.0 Å². The van der Waals surface area contributed by atoms with Crippen LogP contribution < -0.4 is 5.32 Å². The molecule has 2 aromatic rings. The molecule has 0 bridgehead atoms. The van der Waals surface area contributed by atoms with Crippen LogP contribution in [-0.4, -0.2) is 53.2 Å². The van der Waals surface area contributed by atoms with Crippen LogP contribution in [-0.2, 0) is 14.3 Å². The Hall–Kier alpha value is -3.35. The Kier molecular flexibility index (Phi) is 7.64. The number of nitrogens with one attached hydrogen (secondary N) is 1. The predicted octanol–water partition coefficient (Wildman–Crippen LogP) is 4.65. The minimum atomic E-state index is -0.977. The highest BCUT2D eigenvalue weighted by Crippen LogP contribution is 2.44. The average Bonchev–Trinajstić information content (AvgIpc) is 3.08. The van der Waals surface area contributed by atoms with Gasteiger partial charge in [0, 0.05) is 18.5 Å². The van der Waals surface area contributed by atoms with E-state index in [-0.39, 0.29) is 37.4 Å². The number of carboxylic acids is 1. The van der Waals surface area contributed by atoms with Gasteiger partial charge in [0.05, 0.1) is 6.42 Å². The van der Waals surface area contributed by atoms with Crippen LogP contribution in [0.3, 0.4) is 0 Å². The van der Waals surface area contributed by atoms with Gasteiger partial charge in [0.1, 0.15) is 12.6 Å². The van der Waals surface area contributed by atoms with Gasteiger partial charge in [0.25, 0.3) is 0 Å². The summed E-state index contributed by atoms with van der Waals surface area (Å²) in [6.45, 7) is 9.45. The molecule has 2 aromatic carbocycles. The number of ether oxygens (including phenoxy) is 1. The summed E-state index contributed by atoms with van der Waals surface area (Å²) >= 11 is 0. The fourth-order valence-corrected chi connectivity index (χ4v) is 4.41. The van der Waals surface area contributed by atoms with Crippen LogP contribution in [0.1, 0.15) is 58.1 Å². The van der Waals surface area contributed by atoms with Gasteiger partial charge < -0.3 is 20.1 Å². The summed E-state index contributed by atoms with van der Waals surface area (Å²) in [5.74, 6) is -1.38. The Labute approximate surface area is 201 Å². The van der Waals surface area contributed by atoms with Gasteiger partial charge in [-0.15, -0.1) is 0 Å². The molecule has 0 fully saturated rings. The second kappa shape index (κ2) is 10.3. The number of carbonyl (C=O) groups excluding carboxylic acids is 2. The molecule has 34 heavy (non-hydrogen) atoms. The van der Waals surface area contributed by atoms with Gasteiger partial charge in [-0.25, -0.2) is 4.79 Å². The minimum absolute atomic E-state index is 0.0742. The maximum absolute atomic E-state index is 13.3. The topological polar surface area (TPSA) is 95.9 Å². The summed E-state index contributed by atoms with van der Waals surface area (Å²) in [6, 6.07) is 15.1. The van der Waals surface area contributed by atoms with Gasteiger partial charge in [-0.2, -0.15) is 0 Å². The second-order valence-corrected chi connectivity index (χ2v) is 10.0. The van der Waals surface area contributed by atoms with E-state index in [1.807, 2.05) is 71.0 Å². The molecule has 0 unspecified atom stereocenters. The molecule has 0 heterocycles. The number of hydrogen-bond acceptors (Lipinski definition) is 4. The SMILES string of the molecule is CC(C)N(CCC(=O)O)C(=O)[C@H](NC(=O)OCC1c2ccccc2-c2ccccc21)C(C)(C)C. The number of hydrogen-bond donors (Lipinski definition) is 2. The Morgan fingerprint density at radius 3 is 2.00 bits per heavy atom. The molecule has 0 saturated heterocycles. The predicted molar refractivity (Wildman–Crippen MR) is 131 cm³/mol. The standard InChI is InChI=1S/C27H34N2O5/c1-17(2)29(15-14-23(30)31)25(32)24(27(3,4)5)28-26(33)34-16-22-20-12-8-6-10-18(20)19-11-7-9-13-21(19)22/h6-13,17,22,24H,14-16H2,1-5H3,(H,28,33)(H,30,31)/t24-/m0/s1. The Balaban J connectivity index is 1.73. The van der Waals surface area contributed by atoms with Crippen molar-refractivity contribution in [2.75, 3.05) is 13.2 Å². The third kappa shape index (κ3) is 5.58. The first kappa shape index (κ1) is 25.3. The normalized spacial score (nSPS) is 13.7. The van der Waals surface area contributed by atoms with Crippen molar-refractivity contribution < 1.29 is 24.2 Å². The smallest absolute Gasteiger partial charge is 0.407 e. The highest BCUT2D eigenvalue weighted by molar-refractivity contribution is 5.87. The van der Waals surface area contributed by atoms with Crippen molar-refractivity contribution in [3.8, 4) is 11.1 Å². The first-order chi connectivity index (χ1) is 16.0. The lowest BCUT2D eigenvalue weighted by Crippen LogP contribution is -2.56. The molecule has 7 nitrogen and oxygen atoms in total. The van der Waals surface area contributed by atoms with E-state index in [1.165, 1.54) is 4.90 Å². The molecule has 0 aromatic heterocycles. The molecule has 2 N–H and O–H groups in total. The summed E-state index contributed by atoms with van der Waals surface area (Å²) in [4.78, 5) is 38.7. The highest BCUT2D eigenvalue weighted by Gasteiger charge is 2.37. The molecule has 0 radical (unpaired) electrons. The third-order valence-corrected chi connectivity index (χ3v) is 6.19. The number of aliphatic carboxylic acids is 1.